The third-order valence-electron chi connectivity index (χ3n) is 4.68. The third kappa shape index (κ3) is 3.56. The lowest BCUT2D eigenvalue weighted by atomic mass is 9.81. The van der Waals surface area contributed by atoms with Crippen molar-refractivity contribution in [1.82, 2.24) is 4.90 Å². The normalized spacial score (nSPS) is 35.7. The highest BCUT2D eigenvalue weighted by Crippen LogP contribution is 2.31. The fraction of sp³-hybridized carbons (Fsp3) is 0.867. The maximum absolute atomic E-state index is 9.42. The zero-order valence-electron chi connectivity index (χ0n) is 11.0. The van der Waals surface area contributed by atoms with E-state index in [9.17, 15) is 5.11 Å². The average molecular weight is 237 g/mol. The maximum Gasteiger partial charge on any atom is 0.0586 e. The van der Waals surface area contributed by atoms with Gasteiger partial charge in [0.2, 0.25) is 0 Å². The first-order valence-electron chi connectivity index (χ1n) is 7.31. The molecule has 1 N–H and O–H groups in total. The second kappa shape index (κ2) is 6.55. The van der Waals surface area contributed by atoms with Gasteiger partial charge in [-0.25, -0.2) is 0 Å². The van der Waals surface area contributed by atoms with Gasteiger partial charge in [0.05, 0.1) is 6.61 Å². The lowest BCUT2D eigenvalue weighted by molar-refractivity contribution is 0.0677. The summed E-state index contributed by atoms with van der Waals surface area (Å²) in [7, 11) is 0. The molecule has 0 bridgehead atoms. The Balaban J connectivity index is 1.78. The van der Waals surface area contributed by atoms with E-state index in [-0.39, 0.29) is 0 Å². The Labute approximate surface area is 106 Å². The molecule has 98 valence electrons. The van der Waals surface area contributed by atoms with Gasteiger partial charge < -0.3 is 5.11 Å². The van der Waals surface area contributed by atoms with Gasteiger partial charge in [-0.2, -0.15) is 0 Å². The minimum atomic E-state index is 0.349. The van der Waals surface area contributed by atoms with E-state index in [2.05, 4.69) is 17.6 Å². The number of likely N-dealkylation sites (tertiary alicyclic amines) is 1. The zero-order valence-corrected chi connectivity index (χ0v) is 11.0. The second-order valence-corrected chi connectivity index (χ2v) is 5.84. The molecule has 1 atom stereocenters. The number of hydrogen-bond acceptors (Lipinski definition) is 2. The third-order valence-corrected chi connectivity index (χ3v) is 4.68. The van der Waals surface area contributed by atoms with E-state index in [1.165, 1.54) is 58.0 Å². The van der Waals surface area contributed by atoms with E-state index >= 15 is 0 Å². The van der Waals surface area contributed by atoms with Crippen LogP contribution in [0.5, 0.6) is 0 Å². The molecule has 2 heteroatoms. The Morgan fingerprint density at radius 2 is 1.88 bits per heavy atom. The number of piperidine rings is 1. The summed E-state index contributed by atoms with van der Waals surface area (Å²) < 4.78 is 0. The molecule has 0 unspecified atom stereocenters. The molecule has 2 fully saturated rings. The molecule has 2 nitrogen and oxygen atoms in total. The van der Waals surface area contributed by atoms with Crippen LogP contribution >= 0.6 is 0 Å². The summed E-state index contributed by atoms with van der Waals surface area (Å²) in [5.74, 6) is 1.62. The summed E-state index contributed by atoms with van der Waals surface area (Å²) in [5.41, 5.74) is 0. The van der Waals surface area contributed by atoms with Gasteiger partial charge in [0.15, 0.2) is 0 Å². The van der Waals surface area contributed by atoms with Crippen molar-refractivity contribution in [2.75, 3.05) is 19.7 Å². The molecule has 1 saturated carbocycles. The number of hydrogen-bond donors (Lipinski definition) is 1. The van der Waals surface area contributed by atoms with E-state index in [0.29, 0.717) is 12.6 Å². The van der Waals surface area contributed by atoms with E-state index < -0.39 is 0 Å². The Hall–Kier alpha value is -0.340. The van der Waals surface area contributed by atoms with Gasteiger partial charge in [-0.3, -0.25) is 4.90 Å². The van der Waals surface area contributed by atoms with Gasteiger partial charge in [-0.05, 0) is 56.9 Å². The van der Waals surface area contributed by atoms with Crippen LogP contribution in [-0.2, 0) is 0 Å². The monoisotopic (exact) mass is 237 g/mol. The van der Waals surface area contributed by atoms with Crippen LogP contribution in [0.3, 0.4) is 0 Å². The Morgan fingerprint density at radius 1 is 1.12 bits per heavy atom. The summed E-state index contributed by atoms with van der Waals surface area (Å²) in [6.07, 6.45) is 11.3. The molecule has 0 radical (unpaired) electrons. The van der Waals surface area contributed by atoms with Crippen LogP contribution < -0.4 is 0 Å². The molecule has 17 heavy (non-hydrogen) atoms. The van der Waals surface area contributed by atoms with Crippen LogP contribution in [0.1, 0.15) is 44.9 Å². The van der Waals surface area contributed by atoms with Crippen molar-refractivity contribution in [2.45, 2.75) is 51.0 Å². The van der Waals surface area contributed by atoms with Crippen molar-refractivity contribution in [1.29, 1.82) is 0 Å². The van der Waals surface area contributed by atoms with E-state index in [1.807, 2.05) is 0 Å². The lowest BCUT2D eigenvalue weighted by Gasteiger charge is -2.38. The van der Waals surface area contributed by atoms with Crippen molar-refractivity contribution in [3.8, 4) is 0 Å². The van der Waals surface area contributed by atoms with Crippen LogP contribution in [0.25, 0.3) is 0 Å². The second-order valence-electron chi connectivity index (χ2n) is 5.84. The molecule has 1 heterocycles. The molecule has 0 spiro atoms. The standard InChI is InChI=1S/C15H27NO/c1-2-13-6-8-14(9-7-13)11-16-10-4-3-5-15(16)12-17/h2,13-15,17H,1,3-12H2/t13?,14?,15-/m0/s1. The fourth-order valence-electron chi connectivity index (χ4n) is 3.45. The number of rotatable bonds is 4. The highest BCUT2D eigenvalue weighted by atomic mass is 16.3. The molecule has 1 aliphatic heterocycles. The van der Waals surface area contributed by atoms with Crippen LogP contribution in [0.4, 0.5) is 0 Å². The molecule has 0 aromatic carbocycles. The minimum absolute atomic E-state index is 0.349. The number of aliphatic hydroxyl groups excluding tert-OH is 1. The van der Waals surface area contributed by atoms with Gasteiger partial charge in [0, 0.05) is 12.6 Å². The SMILES string of the molecule is C=CC1CCC(CN2CCCC[C@H]2CO)CC1. The van der Waals surface area contributed by atoms with Crippen molar-refractivity contribution in [3.05, 3.63) is 12.7 Å². The molecule has 2 rings (SSSR count). The van der Waals surface area contributed by atoms with Crippen LogP contribution in [-0.4, -0.2) is 35.7 Å². The van der Waals surface area contributed by atoms with Gasteiger partial charge in [0.1, 0.15) is 0 Å². The highest BCUT2D eigenvalue weighted by Gasteiger charge is 2.26. The first-order valence-corrected chi connectivity index (χ1v) is 7.31. The number of aliphatic hydroxyl groups is 1. The van der Waals surface area contributed by atoms with E-state index in [0.717, 1.165) is 11.8 Å². The molecule has 2 aliphatic rings. The topological polar surface area (TPSA) is 23.5 Å². The maximum atomic E-state index is 9.42. The Bertz CT molecular complexity index is 233. The summed E-state index contributed by atoms with van der Waals surface area (Å²) >= 11 is 0. The predicted molar refractivity (Wildman–Crippen MR) is 71.9 cm³/mol. The highest BCUT2D eigenvalue weighted by molar-refractivity contribution is 4.86. The van der Waals surface area contributed by atoms with Crippen molar-refractivity contribution >= 4 is 0 Å². The molecular weight excluding hydrogens is 210 g/mol. The molecule has 0 amide bonds. The molecule has 0 aromatic rings. The summed E-state index contributed by atoms with van der Waals surface area (Å²) in [6, 6.07) is 0.445. The van der Waals surface area contributed by atoms with Crippen molar-refractivity contribution < 1.29 is 5.11 Å². The first-order chi connectivity index (χ1) is 8.33. The largest absolute Gasteiger partial charge is 0.395 e. The van der Waals surface area contributed by atoms with Crippen molar-refractivity contribution in [3.63, 3.8) is 0 Å². The fourth-order valence-corrected chi connectivity index (χ4v) is 3.45. The molecular formula is C15H27NO. The number of nitrogens with zero attached hydrogens (tertiary/aromatic N) is 1. The van der Waals surface area contributed by atoms with Crippen LogP contribution in [0.2, 0.25) is 0 Å². The van der Waals surface area contributed by atoms with Gasteiger partial charge in [-0.15, -0.1) is 6.58 Å². The van der Waals surface area contributed by atoms with Crippen LogP contribution in [0.15, 0.2) is 12.7 Å². The smallest absolute Gasteiger partial charge is 0.0586 e. The Morgan fingerprint density at radius 3 is 2.53 bits per heavy atom. The molecule has 0 aromatic heterocycles. The predicted octanol–water partition coefficient (Wildman–Crippen LogP) is 2.83. The Kier molecular flexibility index (Phi) is 5.05. The van der Waals surface area contributed by atoms with Gasteiger partial charge >= 0.3 is 0 Å². The van der Waals surface area contributed by atoms with E-state index in [4.69, 9.17) is 0 Å². The minimum Gasteiger partial charge on any atom is -0.395 e. The zero-order chi connectivity index (χ0) is 12.1. The van der Waals surface area contributed by atoms with Crippen molar-refractivity contribution in [2.24, 2.45) is 11.8 Å². The van der Waals surface area contributed by atoms with Gasteiger partial charge in [0.25, 0.3) is 0 Å². The number of allylic oxidation sites excluding steroid dienone is 1. The summed E-state index contributed by atoms with van der Waals surface area (Å²) in [5, 5.41) is 9.42. The lowest BCUT2D eigenvalue weighted by Crippen LogP contribution is -2.44. The quantitative estimate of drug-likeness (QED) is 0.760. The van der Waals surface area contributed by atoms with Crippen LogP contribution in [0, 0.1) is 11.8 Å². The van der Waals surface area contributed by atoms with Gasteiger partial charge in [-0.1, -0.05) is 12.5 Å². The summed E-state index contributed by atoms with van der Waals surface area (Å²) in [4.78, 5) is 2.54. The molecule has 1 saturated heterocycles. The van der Waals surface area contributed by atoms with E-state index in [1.54, 1.807) is 0 Å². The first kappa shape index (κ1) is 13.1. The average Bonchev–Trinajstić information content (AvgIpc) is 2.40. The summed E-state index contributed by atoms with van der Waals surface area (Å²) in [6.45, 7) is 6.67. The molecule has 1 aliphatic carbocycles.